The molecule has 0 aliphatic rings. The van der Waals surface area contributed by atoms with Crippen LogP contribution in [-0.2, 0) is 6.61 Å². The van der Waals surface area contributed by atoms with Crippen molar-refractivity contribution < 1.29 is 9.50 Å². The van der Waals surface area contributed by atoms with Gasteiger partial charge >= 0.3 is 0 Å². The predicted molar refractivity (Wildman–Crippen MR) is 58.4 cm³/mol. The van der Waals surface area contributed by atoms with Gasteiger partial charge in [0.05, 0.1) is 12.3 Å². The number of rotatable bonds is 2. The summed E-state index contributed by atoms with van der Waals surface area (Å²) in [5.41, 5.74) is 1.10. The van der Waals surface area contributed by atoms with Crippen molar-refractivity contribution in [3.05, 3.63) is 40.1 Å². The predicted octanol–water partition coefficient (Wildman–Crippen LogP) is 3.09. The molecular formula is C10H7ClFNOS. The lowest BCUT2D eigenvalue weighted by Crippen LogP contribution is -1.84. The second kappa shape index (κ2) is 4.26. The fourth-order valence-corrected chi connectivity index (χ4v) is 2.30. The Morgan fingerprint density at radius 1 is 1.47 bits per heavy atom. The molecule has 1 aromatic carbocycles. The average molecular weight is 244 g/mol. The first-order valence-electron chi connectivity index (χ1n) is 4.22. The summed E-state index contributed by atoms with van der Waals surface area (Å²) in [6.07, 6.45) is 0. The van der Waals surface area contributed by atoms with Crippen molar-refractivity contribution in [2.75, 3.05) is 0 Å². The van der Waals surface area contributed by atoms with Crippen molar-refractivity contribution in [3.63, 3.8) is 0 Å². The third kappa shape index (κ3) is 2.17. The van der Waals surface area contributed by atoms with Crippen molar-refractivity contribution in [2.45, 2.75) is 6.61 Å². The van der Waals surface area contributed by atoms with Crippen LogP contribution >= 0.6 is 22.9 Å². The van der Waals surface area contributed by atoms with Crippen LogP contribution in [0.25, 0.3) is 10.6 Å². The lowest BCUT2D eigenvalue weighted by atomic mass is 10.2. The molecule has 0 atom stereocenters. The van der Waals surface area contributed by atoms with Crippen LogP contribution in [0.1, 0.15) is 5.69 Å². The molecule has 1 aromatic heterocycles. The quantitative estimate of drug-likeness (QED) is 0.879. The van der Waals surface area contributed by atoms with Gasteiger partial charge in [-0.1, -0.05) is 23.7 Å². The van der Waals surface area contributed by atoms with Gasteiger partial charge in [0, 0.05) is 5.56 Å². The topological polar surface area (TPSA) is 33.1 Å². The van der Waals surface area contributed by atoms with E-state index in [9.17, 15) is 4.39 Å². The molecule has 0 radical (unpaired) electrons. The molecule has 1 heterocycles. The molecule has 0 aliphatic carbocycles. The number of nitrogens with zero attached hydrogens (tertiary/aromatic N) is 1. The highest BCUT2D eigenvalue weighted by Gasteiger charge is 2.10. The molecule has 1 N–H and O–H groups in total. The summed E-state index contributed by atoms with van der Waals surface area (Å²) in [5, 5.41) is 9.53. The van der Waals surface area contributed by atoms with E-state index in [-0.39, 0.29) is 12.4 Å². The summed E-state index contributed by atoms with van der Waals surface area (Å²) < 4.78 is 13.4. The monoisotopic (exact) mass is 243 g/mol. The van der Waals surface area contributed by atoms with Crippen molar-refractivity contribution in [1.82, 2.24) is 4.98 Å². The van der Waals surface area contributed by atoms with Gasteiger partial charge in [0.1, 0.15) is 15.2 Å². The number of thiazole rings is 1. The van der Waals surface area contributed by atoms with Crippen LogP contribution in [0.4, 0.5) is 4.39 Å². The summed E-state index contributed by atoms with van der Waals surface area (Å²) in [7, 11) is 0. The Balaban J connectivity index is 2.45. The zero-order valence-corrected chi connectivity index (χ0v) is 9.15. The van der Waals surface area contributed by atoms with Crippen molar-refractivity contribution in [3.8, 4) is 10.6 Å². The van der Waals surface area contributed by atoms with Crippen LogP contribution < -0.4 is 0 Å². The van der Waals surface area contributed by atoms with Gasteiger partial charge in [-0.15, -0.1) is 11.3 Å². The standard InChI is InChI=1S/C10H7ClFNOS/c11-9-8(5-14)13-10(15-9)6-2-1-3-7(12)4-6/h1-4,14H,5H2. The molecule has 0 aliphatic heterocycles. The minimum atomic E-state index is -0.315. The highest BCUT2D eigenvalue weighted by molar-refractivity contribution is 7.19. The summed E-state index contributed by atoms with van der Waals surface area (Å²) >= 11 is 7.07. The summed E-state index contributed by atoms with van der Waals surface area (Å²) in [6.45, 7) is -0.204. The zero-order valence-electron chi connectivity index (χ0n) is 7.58. The van der Waals surface area contributed by atoms with Gasteiger partial charge in [0.15, 0.2) is 0 Å². The van der Waals surface area contributed by atoms with Gasteiger partial charge in [0.2, 0.25) is 0 Å². The second-order valence-corrected chi connectivity index (χ2v) is 4.51. The van der Waals surface area contributed by atoms with Gasteiger partial charge in [-0.25, -0.2) is 9.37 Å². The minimum absolute atomic E-state index is 0.204. The van der Waals surface area contributed by atoms with E-state index < -0.39 is 0 Å². The van der Waals surface area contributed by atoms with Crippen molar-refractivity contribution in [1.29, 1.82) is 0 Å². The smallest absolute Gasteiger partial charge is 0.125 e. The van der Waals surface area contributed by atoms with Crippen LogP contribution in [0.3, 0.4) is 0 Å². The molecule has 0 amide bonds. The molecule has 78 valence electrons. The number of aliphatic hydroxyl groups is 1. The molecule has 15 heavy (non-hydrogen) atoms. The Morgan fingerprint density at radius 2 is 2.27 bits per heavy atom. The molecule has 0 bridgehead atoms. The molecule has 5 heteroatoms. The molecule has 0 saturated heterocycles. The maximum atomic E-state index is 12.9. The number of aliphatic hydroxyl groups excluding tert-OH is 1. The van der Waals surface area contributed by atoms with Crippen molar-refractivity contribution >= 4 is 22.9 Å². The van der Waals surface area contributed by atoms with E-state index in [0.29, 0.717) is 20.6 Å². The molecule has 0 fully saturated rings. The molecule has 2 nitrogen and oxygen atoms in total. The van der Waals surface area contributed by atoms with Gasteiger partial charge in [-0.2, -0.15) is 0 Å². The van der Waals surface area contributed by atoms with Crippen LogP contribution in [0, 0.1) is 5.82 Å². The Hall–Kier alpha value is -0.970. The largest absolute Gasteiger partial charge is 0.390 e. The van der Waals surface area contributed by atoms with Gasteiger partial charge in [-0.3, -0.25) is 0 Å². The second-order valence-electron chi connectivity index (χ2n) is 2.91. The third-order valence-electron chi connectivity index (χ3n) is 1.87. The Morgan fingerprint density at radius 3 is 2.87 bits per heavy atom. The van der Waals surface area contributed by atoms with E-state index in [2.05, 4.69) is 4.98 Å². The lowest BCUT2D eigenvalue weighted by molar-refractivity contribution is 0.278. The molecule has 2 rings (SSSR count). The minimum Gasteiger partial charge on any atom is -0.390 e. The van der Waals surface area contributed by atoms with E-state index in [1.54, 1.807) is 12.1 Å². The summed E-state index contributed by atoms with van der Waals surface area (Å²) in [4.78, 5) is 4.11. The molecule has 2 aromatic rings. The van der Waals surface area contributed by atoms with E-state index >= 15 is 0 Å². The summed E-state index contributed by atoms with van der Waals surface area (Å²) in [6, 6.07) is 6.11. The molecule has 0 spiro atoms. The fraction of sp³-hybridized carbons (Fsp3) is 0.100. The first kappa shape index (κ1) is 10.5. The van der Waals surface area contributed by atoms with Crippen molar-refractivity contribution in [2.24, 2.45) is 0 Å². The number of hydrogen-bond acceptors (Lipinski definition) is 3. The Kier molecular flexibility index (Phi) is 3.00. The molecule has 0 unspecified atom stereocenters. The lowest BCUT2D eigenvalue weighted by Gasteiger charge is -1.94. The highest BCUT2D eigenvalue weighted by Crippen LogP contribution is 2.31. The zero-order chi connectivity index (χ0) is 10.8. The first-order valence-corrected chi connectivity index (χ1v) is 5.42. The van der Waals surface area contributed by atoms with Crippen LogP contribution in [0.15, 0.2) is 24.3 Å². The number of halogens is 2. The fourth-order valence-electron chi connectivity index (χ4n) is 1.18. The number of hydrogen-bond donors (Lipinski definition) is 1. The first-order chi connectivity index (χ1) is 7.20. The third-order valence-corrected chi connectivity index (χ3v) is 3.26. The number of aromatic nitrogens is 1. The van der Waals surface area contributed by atoms with E-state index in [0.717, 1.165) is 0 Å². The van der Waals surface area contributed by atoms with Crippen LogP contribution in [0.5, 0.6) is 0 Å². The molecule has 0 saturated carbocycles. The molecular weight excluding hydrogens is 237 g/mol. The van der Waals surface area contributed by atoms with Gasteiger partial charge < -0.3 is 5.11 Å². The average Bonchev–Trinajstić information content (AvgIpc) is 2.60. The Bertz CT molecular complexity index is 486. The van der Waals surface area contributed by atoms with E-state index in [1.165, 1.54) is 23.5 Å². The highest BCUT2D eigenvalue weighted by atomic mass is 35.5. The van der Waals surface area contributed by atoms with E-state index in [4.69, 9.17) is 16.7 Å². The normalized spacial score (nSPS) is 10.6. The van der Waals surface area contributed by atoms with E-state index in [1.807, 2.05) is 0 Å². The van der Waals surface area contributed by atoms with Gasteiger partial charge in [-0.05, 0) is 12.1 Å². The van der Waals surface area contributed by atoms with Crippen LogP contribution in [-0.4, -0.2) is 10.1 Å². The Labute approximate surface area is 95.0 Å². The summed E-state index contributed by atoms with van der Waals surface area (Å²) in [5.74, 6) is -0.315. The van der Waals surface area contributed by atoms with Crippen LogP contribution in [0.2, 0.25) is 4.34 Å². The maximum absolute atomic E-state index is 12.9. The number of benzene rings is 1. The van der Waals surface area contributed by atoms with Gasteiger partial charge in [0.25, 0.3) is 0 Å². The SMILES string of the molecule is OCc1nc(-c2cccc(F)c2)sc1Cl. The maximum Gasteiger partial charge on any atom is 0.125 e.